The normalized spacial score (nSPS) is 19.5. The molecule has 0 spiro atoms. The number of halogens is 1. The molecule has 46 heavy (non-hydrogen) atoms. The molecule has 0 aromatic heterocycles. The summed E-state index contributed by atoms with van der Waals surface area (Å²) in [5.74, 6) is -2.22. The first-order valence-electron chi connectivity index (χ1n) is 15.8. The van der Waals surface area contributed by atoms with Crippen molar-refractivity contribution in [2.24, 2.45) is 0 Å². The number of hydrogen-bond donors (Lipinski definition) is 3. The van der Waals surface area contributed by atoms with E-state index in [9.17, 15) is 28.4 Å². The van der Waals surface area contributed by atoms with Crippen LogP contribution in [0.2, 0.25) is 0 Å². The van der Waals surface area contributed by atoms with Crippen LogP contribution in [0.5, 0.6) is 0 Å². The van der Waals surface area contributed by atoms with Gasteiger partial charge < -0.3 is 25.8 Å². The van der Waals surface area contributed by atoms with Crippen LogP contribution >= 0.6 is 0 Å². The van der Waals surface area contributed by atoms with Crippen LogP contribution in [0, 0.1) is 5.82 Å². The van der Waals surface area contributed by atoms with Gasteiger partial charge in [0.1, 0.15) is 30.0 Å². The van der Waals surface area contributed by atoms with Gasteiger partial charge in [-0.3, -0.25) is 24.0 Å². The summed E-state index contributed by atoms with van der Waals surface area (Å²) in [5, 5.41) is 10.2. The van der Waals surface area contributed by atoms with E-state index in [1.807, 2.05) is 49.4 Å². The maximum Gasteiger partial charge on any atom is 0.246 e. The maximum atomic E-state index is 14.2. The Labute approximate surface area is 267 Å². The minimum atomic E-state index is -1.05. The van der Waals surface area contributed by atoms with E-state index in [0.717, 1.165) is 16.3 Å². The fraction of sp³-hybridized carbons (Fsp3) is 0.400. The van der Waals surface area contributed by atoms with Crippen LogP contribution < -0.4 is 16.0 Å². The van der Waals surface area contributed by atoms with Gasteiger partial charge in [0.15, 0.2) is 0 Å². The highest BCUT2D eigenvalue weighted by molar-refractivity contribution is 5.97. The fourth-order valence-electron chi connectivity index (χ4n) is 6.37. The van der Waals surface area contributed by atoms with Gasteiger partial charge in [0, 0.05) is 39.4 Å². The number of likely N-dealkylation sites (N-methyl/N-ethyl adjacent to an activating group) is 1. The van der Waals surface area contributed by atoms with Crippen molar-refractivity contribution >= 4 is 40.3 Å². The largest absolute Gasteiger partial charge is 0.357 e. The number of amides is 5. The minimum Gasteiger partial charge on any atom is -0.357 e. The Kier molecular flexibility index (Phi) is 10.3. The minimum absolute atomic E-state index is 0.0710. The number of hydrogen-bond acceptors (Lipinski definition) is 5. The van der Waals surface area contributed by atoms with Crippen molar-refractivity contribution in [2.75, 3.05) is 20.1 Å². The topological polar surface area (TPSA) is 128 Å². The Morgan fingerprint density at radius 1 is 0.957 bits per heavy atom. The lowest BCUT2D eigenvalue weighted by atomic mass is 9.96. The zero-order chi connectivity index (χ0) is 32.8. The average Bonchev–Trinajstić information content (AvgIpc) is 3.51. The highest BCUT2D eigenvalue weighted by Crippen LogP contribution is 2.24. The van der Waals surface area contributed by atoms with Crippen molar-refractivity contribution in [2.45, 2.75) is 69.6 Å². The van der Waals surface area contributed by atoms with Crippen molar-refractivity contribution in [3.05, 3.63) is 83.7 Å². The molecular formula is C35H40FN5O5. The van der Waals surface area contributed by atoms with Gasteiger partial charge in [-0.15, -0.1) is 0 Å². The maximum absolute atomic E-state index is 14.2. The van der Waals surface area contributed by atoms with Gasteiger partial charge >= 0.3 is 0 Å². The highest BCUT2D eigenvalue weighted by atomic mass is 19.1. The monoisotopic (exact) mass is 629 g/mol. The summed E-state index contributed by atoms with van der Waals surface area (Å²) < 4.78 is 13.6. The predicted octanol–water partition coefficient (Wildman–Crippen LogP) is 2.48. The van der Waals surface area contributed by atoms with Gasteiger partial charge in [-0.05, 0) is 46.9 Å². The molecule has 3 aromatic carbocycles. The summed E-state index contributed by atoms with van der Waals surface area (Å²) >= 11 is 0. The number of piperazine rings is 1. The lowest BCUT2D eigenvalue weighted by Gasteiger charge is -2.44. The van der Waals surface area contributed by atoms with E-state index in [-0.39, 0.29) is 43.7 Å². The van der Waals surface area contributed by atoms with Crippen molar-refractivity contribution in [1.82, 2.24) is 25.8 Å². The van der Waals surface area contributed by atoms with E-state index >= 15 is 0 Å². The molecule has 2 heterocycles. The molecule has 2 aliphatic rings. The van der Waals surface area contributed by atoms with Crippen molar-refractivity contribution in [3.63, 3.8) is 0 Å². The number of fused-ring (bicyclic) bond motifs is 1. The molecule has 3 N–H and O–H groups in total. The third-order valence-corrected chi connectivity index (χ3v) is 8.82. The van der Waals surface area contributed by atoms with Gasteiger partial charge in [-0.2, -0.15) is 0 Å². The molecule has 0 bridgehead atoms. The first-order chi connectivity index (χ1) is 22.2. The van der Waals surface area contributed by atoms with E-state index in [2.05, 4.69) is 16.0 Å². The van der Waals surface area contributed by atoms with E-state index in [0.29, 0.717) is 31.2 Å². The second-order valence-electron chi connectivity index (χ2n) is 11.9. The summed E-state index contributed by atoms with van der Waals surface area (Å²) in [5.41, 5.74) is 1.54. The lowest BCUT2D eigenvalue weighted by Crippen LogP contribution is -2.66. The number of nitrogens with one attached hydrogen (secondary N) is 3. The second-order valence-corrected chi connectivity index (χ2v) is 11.9. The van der Waals surface area contributed by atoms with E-state index in [4.69, 9.17) is 0 Å². The summed E-state index contributed by atoms with van der Waals surface area (Å²) in [6.07, 6.45) is 1.88. The first kappa shape index (κ1) is 32.6. The molecule has 5 rings (SSSR count). The third-order valence-electron chi connectivity index (χ3n) is 8.82. The number of nitrogens with zero attached hydrogens (tertiary/aromatic N) is 2. The smallest absolute Gasteiger partial charge is 0.246 e. The van der Waals surface area contributed by atoms with Crippen LogP contribution in [0.25, 0.3) is 10.8 Å². The second kappa shape index (κ2) is 14.5. The first-order valence-corrected chi connectivity index (χ1v) is 15.8. The van der Waals surface area contributed by atoms with Crippen molar-refractivity contribution in [1.29, 1.82) is 0 Å². The lowest BCUT2D eigenvalue weighted by molar-refractivity contribution is -0.157. The number of carbonyl (C=O) groups is 5. The molecule has 3 aromatic rings. The van der Waals surface area contributed by atoms with Crippen LogP contribution in [0.15, 0.2) is 66.7 Å². The Hall–Kier alpha value is -4.80. The summed E-state index contributed by atoms with van der Waals surface area (Å²) in [6.45, 7) is 2.21. The van der Waals surface area contributed by atoms with Gasteiger partial charge in [-0.25, -0.2) is 4.39 Å². The third kappa shape index (κ3) is 7.35. The van der Waals surface area contributed by atoms with Crippen molar-refractivity contribution < 1.29 is 28.4 Å². The summed E-state index contributed by atoms with van der Waals surface area (Å²) in [4.78, 5) is 69.5. The molecule has 2 aliphatic heterocycles. The molecule has 4 atom stereocenters. The van der Waals surface area contributed by atoms with Crippen molar-refractivity contribution in [3.8, 4) is 0 Å². The SMILES string of the molecule is CCC[C@H]1C(=O)N([C@@H](Cc2ccc3ccccc3c2)C(=O)NC)CCN1C(=O)[C@@H](Cc1ccc(F)cc1)NC(=O)[C@@H]1CCC(=O)N1. The van der Waals surface area contributed by atoms with Gasteiger partial charge in [-0.1, -0.05) is 67.9 Å². The highest BCUT2D eigenvalue weighted by Gasteiger charge is 2.43. The molecule has 11 heteroatoms. The van der Waals surface area contributed by atoms with Crippen LogP contribution in [0.4, 0.5) is 4.39 Å². The number of rotatable bonds is 11. The zero-order valence-corrected chi connectivity index (χ0v) is 26.1. The van der Waals surface area contributed by atoms with Gasteiger partial charge in [0.25, 0.3) is 0 Å². The van der Waals surface area contributed by atoms with Crippen LogP contribution in [0.3, 0.4) is 0 Å². The zero-order valence-electron chi connectivity index (χ0n) is 26.1. The molecule has 0 unspecified atom stereocenters. The standard InChI is InChI=1S/C35H40FN5O5/c1-3-6-29-35(46)41(30(33(44)37-2)21-23-9-12-24-7-4-5-8-25(24)19-23)18-17-40(29)34(45)28(20-22-10-13-26(36)14-11-22)39-32(43)27-15-16-31(42)38-27/h4-5,7-14,19,27-30H,3,6,15-18,20-21H2,1-2H3,(H,37,44)(H,38,42)(H,39,43)/t27-,28+,29-,30-/m0/s1. The summed E-state index contributed by atoms with van der Waals surface area (Å²) in [7, 11) is 1.54. The molecule has 10 nitrogen and oxygen atoms in total. The Morgan fingerprint density at radius 2 is 1.67 bits per heavy atom. The number of benzene rings is 3. The molecule has 5 amide bonds. The van der Waals surface area contributed by atoms with Crippen LogP contribution in [0.1, 0.15) is 43.7 Å². The number of carbonyl (C=O) groups excluding carboxylic acids is 5. The molecule has 2 fully saturated rings. The van der Waals surface area contributed by atoms with E-state index < -0.39 is 41.8 Å². The average molecular weight is 630 g/mol. The molecular weight excluding hydrogens is 589 g/mol. The molecule has 0 radical (unpaired) electrons. The Bertz CT molecular complexity index is 1610. The van der Waals surface area contributed by atoms with Gasteiger partial charge in [0.2, 0.25) is 29.5 Å². The molecule has 0 aliphatic carbocycles. The predicted molar refractivity (Wildman–Crippen MR) is 171 cm³/mol. The van der Waals surface area contributed by atoms with Gasteiger partial charge in [0.05, 0.1) is 0 Å². The van der Waals surface area contributed by atoms with Crippen LogP contribution in [-0.4, -0.2) is 83.6 Å². The van der Waals surface area contributed by atoms with Crippen LogP contribution in [-0.2, 0) is 36.8 Å². The Morgan fingerprint density at radius 3 is 2.35 bits per heavy atom. The summed E-state index contributed by atoms with van der Waals surface area (Å²) in [6, 6.07) is 16.1. The van der Waals surface area contributed by atoms with E-state index in [1.54, 1.807) is 24.1 Å². The molecule has 242 valence electrons. The fourth-order valence-corrected chi connectivity index (χ4v) is 6.37. The Balaban J connectivity index is 1.38. The van der Waals surface area contributed by atoms with E-state index in [1.165, 1.54) is 17.0 Å². The molecule has 0 saturated carbocycles. The quantitative estimate of drug-likeness (QED) is 0.301. The molecule has 2 saturated heterocycles.